The van der Waals surface area contributed by atoms with E-state index in [1.165, 1.54) is 52.0 Å². The molecule has 0 heterocycles. The molecule has 0 radical (unpaired) electrons. The molecule has 2 fully saturated rings. The molecule has 272 valence electrons. The number of hydrogen-bond acceptors (Lipinski definition) is 4. The summed E-state index contributed by atoms with van der Waals surface area (Å²) in [5.41, 5.74) is 0.500. The molecule has 0 aromatic carbocycles. The molecule has 0 aliphatic heterocycles. The van der Waals surface area contributed by atoms with Crippen LogP contribution in [-0.2, 0) is 9.59 Å². The minimum Gasteiger partial charge on any atom is -0.393 e. The van der Waals surface area contributed by atoms with E-state index in [2.05, 4.69) is 100 Å². The molecule has 0 aromatic heterocycles. The number of carbonyl (C=O) groups excluding carboxylic acids is 2. The predicted octanol–water partition coefficient (Wildman–Crippen LogP) is 10.5. The third kappa shape index (κ3) is 29.0. The molecule has 0 bridgehead atoms. The summed E-state index contributed by atoms with van der Waals surface area (Å²) in [6.07, 6.45) is 10.6. The Labute approximate surface area is 283 Å². The smallest absolute Gasteiger partial charge is 0.230 e. The highest BCUT2D eigenvalue weighted by molar-refractivity contribution is 5.95. The van der Waals surface area contributed by atoms with Crippen molar-refractivity contribution < 1.29 is 14.7 Å². The van der Waals surface area contributed by atoms with E-state index < -0.39 is 0 Å². The van der Waals surface area contributed by atoms with Gasteiger partial charge in [-0.25, -0.2) is 0 Å². The highest BCUT2D eigenvalue weighted by Crippen LogP contribution is 2.31. The second-order valence-corrected chi connectivity index (χ2v) is 17.3. The van der Waals surface area contributed by atoms with Crippen molar-refractivity contribution in [1.29, 1.82) is 0 Å². The molecule has 2 amide bonds. The first-order chi connectivity index (χ1) is 20.4. The van der Waals surface area contributed by atoms with Crippen molar-refractivity contribution in [3.05, 3.63) is 0 Å². The van der Waals surface area contributed by atoms with Crippen LogP contribution in [0, 0.1) is 58.7 Å². The van der Waals surface area contributed by atoms with E-state index in [0.29, 0.717) is 5.41 Å². The predicted molar refractivity (Wildman–Crippen MR) is 199 cm³/mol. The third-order valence-electron chi connectivity index (χ3n) is 9.66. The lowest BCUT2D eigenvalue weighted by Crippen LogP contribution is -2.38. The van der Waals surface area contributed by atoms with E-state index in [4.69, 9.17) is 5.11 Å². The van der Waals surface area contributed by atoms with Crippen LogP contribution in [0.4, 0.5) is 0 Å². The van der Waals surface area contributed by atoms with E-state index in [1.807, 2.05) is 27.7 Å². The molecule has 5 nitrogen and oxygen atoms in total. The van der Waals surface area contributed by atoms with Crippen LogP contribution in [0.15, 0.2) is 0 Å². The monoisotopic (exact) mass is 641 g/mol. The van der Waals surface area contributed by atoms with Gasteiger partial charge in [-0.05, 0) is 99.1 Å². The average Bonchev–Trinajstić information content (AvgIpc) is 3.55. The SMILES string of the molecule is CC(=O)NC(=O)C(C(C)C)C(C)C.CC(C)C(C)(C)C.CC(C)C1CCC(O)C1.CC(C)C1CCCC1.CC(C)CCN(C)C. The van der Waals surface area contributed by atoms with Crippen LogP contribution in [0.5, 0.6) is 0 Å². The Morgan fingerprint density at radius 3 is 1.36 bits per heavy atom. The molecule has 2 aliphatic rings. The first-order valence-corrected chi connectivity index (χ1v) is 18.6. The zero-order chi connectivity index (χ0) is 36.1. The summed E-state index contributed by atoms with van der Waals surface area (Å²) in [6, 6.07) is 0. The number of rotatable bonds is 8. The van der Waals surface area contributed by atoms with Crippen molar-refractivity contribution in [2.45, 2.75) is 168 Å². The number of imide groups is 1. The van der Waals surface area contributed by atoms with Crippen LogP contribution in [0.3, 0.4) is 0 Å². The number of carbonyl (C=O) groups is 2. The number of aliphatic hydroxyl groups is 1. The molecule has 5 heteroatoms. The summed E-state index contributed by atoms with van der Waals surface area (Å²) in [5.74, 6) is 5.22. The first-order valence-electron chi connectivity index (χ1n) is 18.6. The molecule has 2 atom stereocenters. The lowest BCUT2D eigenvalue weighted by molar-refractivity contribution is -0.133. The maximum atomic E-state index is 11.5. The lowest BCUT2D eigenvalue weighted by atomic mass is 9.84. The number of nitrogens with zero attached hydrogens (tertiary/aromatic N) is 1. The van der Waals surface area contributed by atoms with Crippen molar-refractivity contribution >= 4 is 11.8 Å². The molecule has 2 aliphatic carbocycles. The quantitative estimate of drug-likeness (QED) is 0.277. The molecule has 2 saturated carbocycles. The number of hydrogen-bond donors (Lipinski definition) is 2. The largest absolute Gasteiger partial charge is 0.393 e. The van der Waals surface area contributed by atoms with Gasteiger partial charge in [0.1, 0.15) is 0 Å². The second-order valence-electron chi connectivity index (χ2n) is 17.3. The van der Waals surface area contributed by atoms with E-state index in [1.54, 1.807) is 0 Å². The molecule has 2 N–H and O–H groups in total. The molecule has 0 aromatic rings. The summed E-state index contributed by atoms with van der Waals surface area (Å²) in [7, 11) is 4.23. The molecular weight excluding hydrogens is 556 g/mol. The van der Waals surface area contributed by atoms with Crippen LogP contribution in [0.2, 0.25) is 0 Å². The Balaban J connectivity index is -0.000000499. The van der Waals surface area contributed by atoms with E-state index in [-0.39, 0.29) is 35.7 Å². The topological polar surface area (TPSA) is 69.6 Å². The normalized spacial score (nSPS) is 18.5. The molecule has 2 unspecified atom stereocenters. The summed E-state index contributed by atoms with van der Waals surface area (Å²) in [4.78, 5) is 24.4. The summed E-state index contributed by atoms with van der Waals surface area (Å²) in [5, 5.41) is 11.5. The van der Waals surface area contributed by atoms with Gasteiger partial charge in [-0.2, -0.15) is 0 Å². The standard InChI is InChI=1S/C10H19NO2.C8H16O.C8H16.C7H17N.C7H16/c1-6(2)9(7(3)4)10(13)11-8(5)12;1-6(2)7-3-4-8(9)5-7;1-7(2)8-5-3-4-6-8;1-7(2)5-6-8(3)4;1-6(2)7(3,4)5/h6-7,9H,1-5H3,(H,11,12,13);6-9H,3-5H2,1-2H3;7-8H,3-6H2,1-2H3;7H,5-6H2,1-4H3;6H,1-5H3. The minimum absolute atomic E-state index is 0.0115. The zero-order valence-corrected chi connectivity index (χ0v) is 33.8. The Morgan fingerprint density at radius 1 is 0.756 bits per heavy atom. The molecule has 45 heavy (non-hydrogen) atoms. The fourth-order valence-corrected chi connectivity index (χ4v) is 5.37. The molecule has 2 rings (SSSR count). The van der Waals surface area contributed by atoms with E-state index >= 15 is 0 Å². The van der Waals surface area contributed by atoms with Gasteiger partial charge < -0.3 is 10.0 Å². The maximum absolute atomic E-state index is 11.5. The molecule has 0 spiro atoms. The van der Waals surface area contributed by atoms with Crippen molar-refractivity contribution in [3.8, 4) is 0 Å². The highest BCUT2D eigenvalue weighted by Gasteiger charge is 2.26. The Bertz CT molecular complexity index is 698. The number of aliphatic hydroxyl groups excluding tert-OH is 1. The minimum atomic E-state index is -0.281. The van der Waals surface area contributed by atoms with Gasteiger partial charge in [0.2, 0.25) is 11.8 Å². The maximum Gasteiger partial charge on any atom is 0.230 e. The van der Waals surface area contributed by atoms with Gasteiger partial charge in [0.05, 0.1) is 6.10 Å². The molecular formula is C40H84N2O3. The fourth-order valence-electron chi connectivity index (χ4n) is 5.37. The van der Waals surface area contributed by atoms with Crippen molar-refractivity contribution in [2.75, 3.05) is 20.6 Å². The highest BCUT2D eigenvalue weighted by atomic mass is 16.3. The van der Waals surface area contributed by atoms with Gasteiger partial charge in [0.25, 0.3) is 0 Å². The Hall–Kier alpha value is -0.940. The van der Waals surface area contributed by atoms with Crippen LogP contribution < -0.4 is 5.32 Å². The van der Waals surface area contributed by atoms with E-state index in [0.717, 1.165) is 48.3 Å². The van der Waals surface area contributed by atoms with Crippen molar-refractivity contribution in [1.82, 2.24) is 10.2 Å². The van der Waals surface area contributed by atoms with Crippen molar-refractivity contribution in [2.24, 2.45) is 58.7 Å². The van der Waals surface area contributed by atoms with Crippen LogP contribution in [0.1, 0.15) is 162 Å². The Morgan fingerprint density at radius 2 is 1.18 bits per heavy atom. The summed E-state index contributed by atoms with van der Waals surface area (Å²) < 4.78 is 0. The van der Waals surface area contributed by atoms with Gasteiger partial charge in [-0.3, -0.25) is 14.9 Å². The summed E-state index contributed by atoms with van der Waals surface area (Å²) in [6.45, 7) is 35.5. The van der Waals surface area contributed by atoms with Crippen LogP contribution in [0.25, 0.3) is 0 Å². The average molecular weight is 641 g/mol. The molecule has 0 saturated heterocycles. The van der Waals surface area contributed by atoms with Gasteiger partial charge in [0, 0.05) is 12.8 Å². The zero-order valence-electron chi connectivity index (χ0n) is 33.8. The van der Waals surface area contributed by atoms with Gasteiger partial charge >= 0.3 is 0 Å². The number of nitrogens with one attached hydrogen (secondary N) is 1. The van der Waals surface area contributed by atoms with Crippen LogP contribution >= 0.6 is 0 Å². The third-order valence-corrected chi connectivity index (χ3v) is 9.66. The number of amides is 2. The van der Waals surface area contributed by atoms with Crippen LogP contribution in [-0.4, -0.2) is 48.6 Å². The first kappa shape index (κ1) is 48.5. The lowest BCUT2D eigenvalue weighted by Gasteiger charge is -2.22. The Kier molecular flexibility index (Phi) is 28.1. The van der Waals surface area contributed by atoms with Gasteiger partial charge in [-0.15, -0.1) is 0 Å². The van der Waals surface area contributed by atoms with E-state index in [9.17, 15) is 9.59 Å². The van der Waals surface area contributed by atoms with Crippen molar-refractivity contribution in [3.63, 3.8) is 0 Å². The van der Waals surface area contributed by atoms with Gasteiger partial charge in [0.15, 0.2) is 0 Å². The fraction of sp³-hybridized carbons (Fsp3) is 0.950. The summed E-state index contributed by atoms with van der Waals surface area (Å²) >= 11 is 0. The van der Waals surface area contributed by atoms with Gasteiger partial charge in [-0.1, -0.05) is 130 Å². The second kappa shape index (κ2) is 26.1.